The Hall–Kier alpha value is -3.19. The largest absolute Gasteiger partial charge is 0.399 e. The lowest BCUT2D eigenvalue weighted by atomic mass is 10.2. The Morgan fingerprint density at radius 2 is 1.64 bits per heavy atom. The number of aldehydes is 1. The van der Waals surface area contributed by atoms with E-state index >= 15 is 0 Å². The second-order valence-corrected chi connectivity index (χ2v) is 5.08. The van der Waals surface area contributed by atoms with Gasteiger partial charge >= 0.3 is 0 Å². The summed E-state index contributed by atoms with van der Waals surface area (Å²) in [4.78, 5) is 29.8. The van der Waals surface area contributed by atoms with E-state index in [-0.39, 0.29) is 5.91 Å². The fourth-order valence-electron chi connectivity index (χ4n) is 1.99. The van der Waals surface area contributed by atoms with Gasteiger partial charge in [0.1, 0.15) is 5.65 Å². The van der Waals surface area contributed by atoms with Gasteiger partial charge in [-0.2, -0.15) is 0 Å². The van der Waals surface area contributed by atoms with Crippen LogP contribution in [0.2, 0.25) is 0 Å². The summed E-state index contributed by atoms with van der Waals surface area (Å²) in [7, 11) is 3.75. The standard InChI is InChI=1S/C15H12N4O2.C2H7N.2C2H6/c16-11-1-3-12(4-2-11)19-15(21)10-5-9-6-13(8-20)18-14(9)17-7-10;1-3-2;2*1-2/h1-8H,16H2,(H,17,18)(H,19,21);3H,1-2H3;2*1-2H3. The highest BCUT2D eigenvalue weighted by molar-refractivity contribution is 6.05. The molecule has 28 heavy (non-hydrogen) atoms. The number of benzene rings is 1. The Kier molecular flexibility index (Phi) is 12.4. The lowest BCUT2D eigenvalue weighted by Gasteiger charge is -2.05. The average Bonchev–Trinajstić information content (AvgIpc) is 3.16. The zero-order valence-corrected chi connectivity index (χ0v) is 17.5. The summed E-state index contributed by atoms with van der Waals surface area (Å²) in [6.45, 7) is 8.00. The highest BCUT2D eigenvalue weighted by atomic mass is 16.1. The Labute approximate surface area is 166 Å². The molecular formula is C21H31N5O2. The van der Waals surface area contributed by atoms with E-state index in [2.05, 4.69) is 20.6 Å². The Morgan fingerprint density at radius 1 is 1.07 bits per heavy atom. The van der Waals surface area contributed by atoms with Crippen LogP contribution in [0.1, 0.15) is 48.5 Å². The summed E-state index contributed by atoms with van der Waals surface area (Å²) in [5.74, 6) is -0.275. The minimum absolute atomic E-state index is 0.275. The molecule has 3 aromatic rings. The number of nitrogens with zero attached hydrogens (tertiary/aromatic N) is 1. The van der Waals surface area contributed by atoms with E-state index in [1.165, 1.54) is 6.20 Å². The number of hydrogen-bond acceptors (Lipinski definition) is 5. The van der Waals surface area contributed by atoms with Crippen LogP contribution in [0.4, 0.5) is 11.4 Å². The van der Waals surface area contributed by atoms with Crippen molar-refractivity contribution in [3.05, 3.63) is 53.9 Å². The number of fused-ring (bicyclic) bond motifs is 1. The molecule has 0 aliphatic rings. The van der Waals surface area contributed by atoms with Crippen molar-refractivity contribution in [2.75, 3.05) is 25.1 Å². The number of carbonyl (C=O) groups excluding carboxylic acids is 2. The van der Waals surface area contributed by atoms with Gasteiger partial charge in [0.05, 0.1) is 11.3 Å². The molecule has 0 saturated heterocycles. The van der Waals surface area contributed by atoms with Gasteiger partial charge in [-0.25, -0.2) is 4.98 Å². The predicted molar refractivity (Wildman–Crippen MR) is 118 cm³/mol. The van der Waals surface area contributed by atoms with Crippen LogP contribution in [0.25, 0.3) is 11.0 Å². The SMILES string of the molecule is CC.CC.CNC.Nc1ccc(NC(=O)c2cnc3[nH]c(C=O)cc3c2)cc1. The van der Waals surface area contributed by atoms with Gasteiger partial charge in [0.2, 0.25) is 0 Å². The number of pyridine rings is 1. The van der Waals surface area contributed by atoms with Crippen molar-refractivity contribution in [1.29, 1.82) is 0 Å². The third kappa shape index (κ3) is 7.59. The van der Waals surface area contributed by atoms with E-state index in [0.717, 1.165) is 0 Å². The third-order valence-corrected chi connectivity index (χ3v) is 3.05. The van der Waals surface area contributed by atoms with Gasteiger partial charge in [-0.05, 0) is 50.5 Å². The number of carbonyl (C=O) groups is 2. The van der Waals surface area contributed by atoms with E-state index in [9.17, 15) is 9.59 Å². The summed E-state index contributed by atoms with van der Waals surface area (Å²) < 4.78 is 0. The highest BCUT2D eigenvalue weighted by Gasteiger charge is 2.09. The smallest absolute Gasteiger partial charge is 0.257 e. The van der Waals surface area contributed by atoms with Crippen molar-refractivity contribution in [3.63, 3.8) is 0 Å². The molecule has 0 aliphatic heterocycles. The molecule has 1 aromatic carbocycles. The molecule has 3 rings (SSSR count). The monoisotopic (exact) mass is 385 g/mol. The van der Waals surface area contributed by atoms with Crippen LogP contribution >= 0.6 is 0 Å². The van der Waals surface area contributed by atoms with Crippen LogP contribution in [0, 0.1) is 0 Å². The molecule has 0 fully saturated rings. The molecule has 1 amide bonds. The van der Waals surface area contributed by atoms with Crippen LogP contribution in [-0.2, 0) is 0 Å². The minimum atomic E-state index is -0.275. The molecular weight excluding hydrogens is 354 g/mol. The van der Waals surface area contributed by atoms with Crippen LogP contribution < -0.4 is 16.4 Å². The Balaban J connectivity index is 0.000000930. The fourth-order valence-corrected chi connectivity index (χ4v) is 1.99. The molecule has 0 atom stereocenters. The maximum Gasteiger partial charge on any atom is 0.257 e. The van der Waals surface area contributed by atoms with Gasteiger partial charge in [0.25, 0.3) is 5.91 Å². The van der Waals surface area contributed by atoms with E-state index < -0.39 is 0 Å². The molecule has 0 radical (unpaired) electrons. The van der Waals surface area contributed by atoms with Crippen LogP contribution in [0.3, 0.4) is 0 Å². The number of amides is 1. The third-order valence-electron chi connectivity index (χ3n) is 3.05. The van der Waals surface area contributed by atoms with Gasteiger partial charge in [-0.1, -0.05) is 27.7 Å². The average molecular weight is 386 g/mol. The number of hydrogen-bond donors (Lipinski definition) is 4. The van der Waals surface area contributed by atoms with Crippen molar-refractivity contribution in [2.24, 2.45) is 0 Å². The first-order chi connectivity index (χ1) is 13.6. The number of nitrogens with one attached hydrogen (secondary N) is 3. The summed E-state index contributed by atoms with van der Waals surface area (Å²) >= 11 is 0. The van der Waals surface area contributed by atoms with Crippen LogP contribution in [0.15, 0.2) is 42.6 Å². The number of nitrogen functional groups attached to an aromatic ring is 1. The molecule has 0 unspecified atom stereocenters. The van der Waals surface area contributed by atoms with E-state index in [0.29, 0.717) is 40.0 Å². The summed E-state index contributed by atoms with van der Waals surface area (Å²) in [5.41, 5.74) is 8.28. The quantitative estimate of drug-likeness (QED) is 0.400. The van der Waals surface area contributed by atoms with E-state index in [4.69, 9.17) is 5.73 Å². The second-order valence-electron chi connectivity index (χ2n) is 5.08. The molecule has 0 spiro atoms. The fraction of sp³-hybridized carbons (Fsp3) is 0.286. The van der Waals surface area contributed by atoms with Crippen molar-refractivity contribution < 1.29 is 9.59 Å². The van der Waals surface area contributed by atoms with Crippen molar-refractivity contribution in [3.8, 4) is 0 Å². The van der Waals surface area contributed by atoms with Gasteiger partial charge in [-0.3, -0.25) is 9.59 Å². The molecule has 7 nitrogen and oxygen atoms in total. The van der Waals surface area contributed by atoms with E-state index in [1.54, 1.807) is 36.4 Å². The van der Waals surface area contributed by atoms with Crippen LogP contribution in [-0.4, -0.2) is 36.3 Å². The second kappa shape index (κ2) is 13.9. The molecule has 0 aliphatic carbocycles. The number of anilines is 2. The van der Waals surface area contributed by atoms with Gasteiger partial charge < -0.3 is 21.4 Å². The highest BCUT2D eigenvalue weighted by Crippen LogP contribution is 2.16. The van der Waals surface area contributed by atoms with Gasteiger partial charge in [0, 0.05) is 23.0 Å². The van der Waals surface area contributed by atoms with E-state index in [1.807, 2.05) is 41.8 Å². The summed E-state index contributed by atoms with van der Waals surface area (Å²) in [5, 5.41) is 6.22. The molecule has 2 heterocycles. The normalized spacial score (nSPS) is 8.93. The maximum absolute atomic E-state index is 12.2. The zero-order chi connectivity index (χ0) is 21.5. The maximum atomic E-state index is 12.2. The van der Waals surface area contributed by atoms with Crippen molar-refractivity contribution >= 4 is 34.6 Å². The van der Waals surface area contributed by atoms with Crippen LogP contribution in [0.5, 0.6) is 0 Å². The molecule has 152 valence electrons. The molecule has 0 saturated carbocycles. The topological polar surface area (TPSA) is 113 Å². The predicted octanol–water partition coefficient (Wildman–Crippen LogP) is 4.10. The number of nitrogens with two attached hydrogens (primary N) is 1. The van der Waals surface area contributed by atoms with Crippen molar-refractivity contribution in [1.82, 2.24) is 15.3 Å². The minimum Gasteiger partial charge on any atom is -0.399 e. The van der Waals surface area contributed by atoms with Gasteiger partial charge in [0.15, 0.2) is 6.29 Å². The number of aromatic nitrogens is 2. The zero-order valence-electron chi connectivity index (χ0n) is 17.5. The first-order valence-electron chi connectivity index (χ1n) is 9.26. The first-order valence-corrected chi connectivity index (χ1v) is 9.26. The summed E-state index contributed by atoms with van der Waals surface area (Å²) in [6.07, 6.45) is 2.16. The van der Waals surface area contributed by atoms with Crippen molar-refractivity contribution in [2.45, 2.75) is 27.7 Å². The lowest BCUT2D eigenvalue weighted by molar-refractivity contribution is 0.102. The molecule has 7 heteroatoms. The summed E-state index contributed by atoms with van der Waals surface area (Å²) in [6, 6.07) is 10.2. The number of aromatic amines is 1. The first kappa shape index (κ1) is 24.8. The molecule has 2 aromatic heterocycles. The Morgan fingerprint density at radius 3 is 2.18 bits per heavy atom. The number of rotatable bonds is 3. The lowest BCUT2D eigenvalue weighted by Crippen LogP contribution is -2.12. The molecule has 5 N–H and O–H groups in total. The Bertz CT molecular complexity index is 842. The van der Waals surface area contributed by atoms with Gasteiger partial charge in [-0.15, -0.1) is 0 Å². The number of H-pyrrole nitrogens is 1. The molecule has 0 bridgehead atoms.